The molecule has 92 valence electrons. The van der Waals surface area contributed by atoms with Crippen LogP contribution >= 0.6 is 11.5 Å². The monoisotopic (exact) mass is 242 g/mol. The first-order valence-corrected chi connectivity index (χ1v) is 6.77. The molecule has 0 aromatic carbocycles. The molecule has 0 saturated carbocycles. The van der Waals surface area contributed by atoms with E-state index in [1.807, 2.05) is 0 Å². The van der Waals surface area contributed by atoms with Crippen molar-refractivity contribution in [2.45, 2.75) is 52.0 Å². The van der Waals surface area contributed by atoms with E-state index in [0.29, 0.717) is 6.54 Å². The van der Waals surface area contributed by atoms with E-state index < -0.39 is 0 Å². The number of aryl methyl sites for hydroxylation is 1. The van der Waals surface area contributed by atoms with Crippen molar-refractivity contribution in [3.8, 4) is 0 Å². The Labute approximate surface area is 102 Å². The van der Waals surface area contributed by atoms with Crippen LogP contribution in [0.2, 0.25) is 0 Å². The zero-order valence-electron chi connectivity index (χ0n) is 10.4. The molecule has 0 saturated heterocycles. The summed E-state index contributed by atoms with van der Waals surface area (Å²) >= 11 is 1.43. The van der Waals surface area contributed by atoms with Gasteiger partial charge in [0.2, 0.25) is 5.13 Å². The van der Waals surface area contributed by atoms with Gasteiger partial charge < -0.3 is 11.1 Å². The first kappa shape index (κ1) is 13.4. The van der Waals surface area contributed by atoms with Crippen LogP contribution in [0.5, 0.6) is 0 Å². The number of rotatable bonds is 7. The molecule has 16 heavy (non-hydrogen) atoms. The Morgan fingerprint density at radius 1 is 1.31 bits per heavy atom. The maximum absolute atomic E-state index is 5.84. The summed E-state index contributed by atoms with van der Waals surface area (Å²) in [7, 11) is 0. The first-order chi connectivity index (χ1) is 7.69. The maximum Gasteiger partial charge on any atom is 0.203 e. The van der Waals surface area contributed by atoms with E-state index in [-0.39, 0.29) is 5.54 Å². The van der Waals surface area contributed by atoms with E-state index in [1.54, 1.807) is 0 Å². The number of nitrogens with zero attached hydrogens (tertiary/aromatic N) is 2. The molecule has 4 nitrogen and oxygen atoms in total. The predicted molar refractivity (Wildman–Crippen MR) is 69.9 cm³/mol. The molecular formula is C11H22N4S. The molecule has 1 aromatic rings. The Morgan fingerprint density at radius 3 is 2.50 bits per heavy atom. The summed E-state index contributed by atoms with van der Waals surface area (Å²) in [5, 5.41) is 4.34. The smallest absolute Gasteiger partial charge is 0.203 e. The van der Waals surface area contributed by atoms with Crippen LogP contribution < -0.4 is 11.1 Å². The lowest BCUT2D eigenvalue weighted by Gasteiger charge is -2.30. The van der Waals surface area contributed by atoms with E-state index in [9.17, 15) is 0 Å². The second-order valence-electron chi connectivity index (χ2n) is 4.08. The molecular weight excluding hydrogens is 220 g/mol. The topological polar surface area (TPSA) is 63.8 Å². The molecule has 1 aromatic heterocycles. The molecule has 0 spiro atoms. The summed E-state index contributed by atoms with van der Waals surface area (Å²) in [5.41, 5.74) is 5.81. The van der Waals surface area contributed by atoms with Gasteiger partial charge in [-0.1, -0.05) is 20.8 Å². The van der Waals surface area contributed by atoms with Crippen molar-refractivity contribution in [2.24, 2.45) is 5.73 Å². The van der Waals surface area contributed by atoms with Gasteiger partial charge in [0.05, 0.1) is 5.54 Å². The summed E-state index contributed by atoms with van der Waals surface area (Å²) in [6.45, 7) is 7.06. The third kappa shape index (κ3) is 3.15. The average Bonchev–Trinajstić information content (AvgIpc) is 2.74. The van der Waals surface area contributed by atoms with Gasteiger partial charge in [0.25, 0.3) is 0 Å². The first-order valence-electron chi connectivity index (χ1n) is 6.00. The Hall–Kier alpha value is -0.680. The summed E-state index contributed by atoms with van der Waals surface area (Å²) in [5.74, 6) is 0.938. The van der Waals surface area contributed by atoms with Gasteiger partial charge in [-0.05, 0) is 19.3 Å². The van der Waals surface area contributed by atoms with Gasteiger partial charge in [-0.25, -0.2) is 4.98 Å². The van der Waals surface area contributed by atoms with E-state index in [0.717, 1.165) is 36.6 Å². The molecule has 0 amide bonds. The molecule has 5 heteroatoms. The van der Waals surface area contributed by atoms with Crippen LogP contribution in [-0.4, -0.2) is 21.4 Å². The van der Waals surface area contributed by atoms with Crippen molar-refractivity contribution in [1.29, 1.82) is 0 Å². The zero-order valence-corrected chi connectivity index (χ0v) is 11.2. The fourth-order valence-electron chi connectivity index (χ4n) is 1.62. The van der Waals surface area contributed by atoms with Crippen molar-refractivity contribution >= 4 is 16.7 Å². The second-order valence-corrected chi connectivity index (χ2v) is 4.83. The van der Waals surface area contributed by atoms with Crippen LogP contribution in [0.1, 0.15) is 45.9 Å². The fraction of sp³-hybridized carbons (Fsp3) is 0.818. The minimum atomic E-state index is -0.0248. The van der Waals surface area contributed by atoms with Gasteiger partial charge in [-0.2, -0.15) is 4.37 Å². The van der Waals surface area contributed by atoms with Crippen LogP contribution in [0, 0.1) is 0 Å². The van der Waals surface area contributed by atoms with Gasteiger partial charge in [-0.3, -0.25) is 0 Å². The third-order valence-corrected chi connectivity index (χ3v) is 3.73. The van der Waals surface area contributed by atoms with Crippen molar-refractivity contribution in [3.63, 3.8) is 0 Å². The molecule has 1 rings (SSSR count). The summed E-state index contributed by atoms with van der Waals surface area (Å²) < 4.78 is 4.32. The molecule has 0 atom stereocenters. The van der Waals surface area contributed by atoms with E-state index >= 15 is 0 Å². The minimum Gasteiger partial charge on any atom is -0.354 e. The van der Waals surface area contributed by atoms with Gasteiger partial charge in [0.1, 0.15) is 5.82 Å². The minimum absolute atomic E-state index is 0.0248. The van der Waals surface area contributed by atoms with E-state index in [1.165, 1.54) is 11.5 Å². The highest BCUT2D eigenvalue weighted by atomic mass is 32.1. The van der Waals surface area contributed by atoms with Gasteiger partial charge in [-0.15, -0.1) is 0 Å². The molecule has 0 aliphatic heterocycles. The fourth-order valence-corrected chi connectivity index (χ4v) is 2.36. The molecule has 0 aliphatic rings. The zero-order chi connectivity index (χ0) is 12.0. The maximum atomic E-state index is 5.84. The molecule has 0 radical (unpaired) electrons. The van der Waals surface area contributed by atoms with E-state index in [4.69, 9.17) is 5.73 Å². The highest BCUT2D eigenvalue weighted by molar-refractivity contribution is 7.09. The van der Waals surface area contributed by atoms with Crippen LogP contribution in [0.4, 0.5) is 5.13 Å². The summed E-state index contributed by atoms with van der Waals surface area (Å²) in [4.78, 5) is 4.47. The van der Waals surface area contributed by atoms with Crippen LogP contribution in [0.3, 0.4) is 0 Å². The number of nitrogens with two attached hydrogens (primary N) is 1. The highest BCUT2D eigenvalue weighted by Gasteiger charge is 2.25. The van der Waals surface area contributed by atoms with Crippen molar-refractivity contribution < 1.29 is 0 Å². The number of aromatic nitrogens is 2. The summed E-state index contributed by atoms with van der Waals surface area (Å²) in [6, 6.07) is 0. The lowest BCUT2D eigenvalue weighted by molar-refractivity contribution is 0.445. The van der Waals surface area contributed by atoms with Gasteiger partial charge in [0, 0.05) is 24.5 Å². The lowest BCUT2D eigenvalue weighted by Crippen LogP contribution is -2.44. The number of nitrogens with one attached hydrogen (secondary N) is 1. The molecule has 0 bridgehead atoms. The Kier molecular flexibility index (Phi) is 5.15. The van der Waals surface area contributed by atoms with Crippen molar-refractivity contribution in [3.05, 3.63) is 5.82 Å². The number of anilines is 1. The Morgan fingerprint density at radius 2 is 2.00 bits per heavy atom. The third-order valence-electron chi connectivity index (χ3n) is 3.06. The second kappa shape index (κ2) is 6.15. The predicted octanol–water partition coefficient (Wildman–Crippen LogP) is 2.42. The largest absolute Gasteiger partial charge is 0.354 e. The van der Waals surface area contributed by atoms with Crippen molar-refractivity contribution in [1.82, 2.24) is 9.36 Å². The standard InChI is InChI=1S/C11H22N4S/c1-4-7-9-13-10(16-15-9)14-11(5-2,6-3)8-12/h4-8,12H2,1-3H3,(H,13,14,15). The van der Waals surface area contributed by atoms with Crippen molar-refractivity contribution in [2.75, 3.05) is 11.9 Å². The molecule has 0 aliphatic carbocycles. The number of hydrogen-bond donors (Lipinski definition) is 2. The van der Waals surface area contributed by atoms with Crippen LogP contribution in [0.15, 0.2) is 0 Å². The molecule has 0 fully saturated rings. The highest BCUT2D eigenvalue weighted by Crippen LogP contribution is 2.22. The molecule has 1 heterocycles. The molecule has 0 unspecified atom stereocenters. The normalized spacial score (nSPS) is 11.8. The van der Waals surface area contributed by atoms with Gasteiger partial charge >= 0.3 is 0 Å². The Balaban J connectivity index is 2.69. The summed E-state index contributed by atoms with van der Waals surface area (Å²) in [6.07, 6.45) is 4.04. The van der Waals surface area contributed by atoms with Crippen LogP contribution in [-0.2, 0) is 6.42 Å². The Bertz CT molecular complexity index is 298. The lowest BCUT2D eigenvalue weighted by atomic mass is 9.93. The quantitative estimate of drug-likeness (QED) is 0.770. The SMILES string of the molecule is CCCc1nsc(NC(CC)(CC)CN)n1. The number of hydrogen-bond acceptors (Lipinski definition) is 5. The van der Waals surface area contributed by atoms with E-state index in [2.05, 4.69) is 35.4 Å². The van der Waals surface area contributed by atoms with Crippen LogP contribution in [0.25, 0.3) is 0 Å². The average molecular weight is 242 g/mol. The molecule has 3 N–H and O–H groups in total. The van der Waals surface area contributed by atoms with Gasteiger partial charge in [0.15, 0.2) is 0 Å².